The Morgan fingerprint density at radius 2 is 1.62 bits per heavy atom. The first kappa shape index (κ1) is 21.2. The molecule has 0 saturated carbocycles. The number of nitrogens with zero attached hydrogens (tertiary/aromatic N) is 2. The van der Waals surface area contributed by atoms with E-state index in [1.807, 2.05) is 36.1 Å². The van der Waals surface area contributed by atoms with E-state index in [0.29, 0.717) is 11.4 Å². The Labute approximate surface area is 173 Å². The van der Waals surface area contributed by atoms with Crippen molar-refractivity contribution in [3.05, 3.63) is 59.7 Å². The van der Waals surface area contributed by atoms with Crippen molar-refractivity contribution < 1.29 is 17.9 Å². The summed E-state index contributed by atoms with van der Waals surface area (Å²) < 4.78 is 31.6. The lowest BCUT2D eigenvalue weighted by Gasteiger charge is -2.26. The average Bonchev–Trinajstić information content (AvgIpc) is 2.72. The van der Waals surface area contributed by atoms with Gasteiger partial charge in [-0.05, 0) is 56.0 Å². The van der Waals surface area contributed by atoms with Crippen LogP contribution < -0.4 is 9.04 Å². The Morgan fingerprint density at radius 3 is 2.21 bits per heavy atom. The van der Waals surface area contributed by atoms with Gasteiger partial charge in [0.1, 0.15) is 5.75 Å². The predicted molar refractivity (Wildman–Crippen MR) is 115 cm³/mol. The number of benzene rings is 2. The second-order valence-corrected chi connectivity index (χ2v) is 9.39. The molecule has 1 aliphatic rings. The molecule has 29 heavy (non-hydrogen) atoms. The highest BCUT2D eigenvalue weighted by molar-refractivity contribution is 7.92. The summed E-state index contributed by atoms with van der Waals surface area (Å²) in [6.45, 7) is 3.84. The SMILES string of the molecule is Cc1ccc(CN(c2ccc(OCC(=O)N3CCCCC3)cc2)S(C)(=O)=O)cc1. The van der Waals surface area contributed by atoms with Gasteiger partial charge in [-0.1, -0.05) is 29.8 Å². The Hall–Kier alpha value is -2.54. The molecule has 0 spiro atoms. The first-order valence-electron chi connectivity index (χ1n) is 9.87. The molecule has 1 heterocycles. The van der Waals surface area contributed by atoms with Gasteiger partial charge in [0.15, 0.2) is 6.61 Å². The third-order valence-corrected chi connectivity index (χ3v) is 6.18. The van der Waals surface area contributed by atoms with Gasteiger partial charge in [-0.25, -0.2) is 8.42 Å². The van der Waals surface area contributed by atoms with Crippen LogP contribution in [0.15, 0.2) is 48.5 Å². The summed E-state index contributed by atoms with van der Waals surface area (Å²) in [5, 5.41) is 0. The molecule has 0 N–H and O–H groups in total. The van der Waals surface area contributed by atoms with Gasteiger partial charge >= 0.3 is 0 Å². The number of sulfonamides is 1. The van der Waals surface area contributed by atoms with Crippen LogP contribution in [0.5, 0.6) is 5.75 Å². The topological polar surface area (TPSA) is 66.9 Å². The number of likely N-dealkylation sites (tertiary alicyclic amines) is 1. The smallest absolute Gasteiger partial charge is 0.260 e. The first-order valence-corrected chi connectivity index (χ1v) is 11.7. The van der Waals surface area contributed by atoms with Crippen molar-refractivity contribution in [3.63, 3.8) is 0 Å². The Balaban J connectivity index is 1.65. The number of rotatable bonds is 7. The molecular formula is C22H28N2O4S. The molecule has 1 saturated heterocycles. The summed E-state index contributed by atoms with van der Waals surface area (Å²) in [6.07, 6.45) is 4.46. The monoisotopic (exact) mass is 416 g/mol. The highest BCUT2D eigenvalue weighted by Crippen LogP contribution is 2.24. The summed E-state index contributed by atoms with van der Waals surface area (Å²) in [7, 11) is -3.45. The number of anilines is 1. The number of ether oxygens (including phenoxy) is 1. The van der Waals surface area contributed by atoms with E-state index < -0.39 is 10.0 Å². The van der Waals surface area contributed by atoms with Crippen molar-refractivity contribution in [2.75, 3.05) is 30.3 Å². The fourth-order valence-corrected chi connectivity index (χ4v) is 4.24. The maximum absolute atomic E-state index is 12.3. The fraction of sp³-hybridized carbons (Fsp3) is 0.409. The number of piperidine rings is 1. The molecule has 1 aliphatic heterocycles. The van der Waals surface area contributed by atoms with Gasteiger partial charge in [0.05, 0.1) is 18.5 Å². The quantitative estimate of drug-likeness (QED) is 0.694. The van der Waals surface area contributed by atoms with Crippen molar-refractivity contribution in [3.8, 4) is 5.75 Å². The lowest BCUT2D eigenvalue weighted by molar-refractivity contribution is -0.134. The van der Waals surface area contributed by atoms with E-state index in [-0.39, 0.29) is 19.1 Å². The van der Waals surface area contributed by atoms with E-state index in [9.17, 15) is 13.2 Å². The predicted octanol–water partition coefficient (Wildman–Crippen LogP) is 3.35. The molecule has 1 amide bonds. The van der Waals surface area contributed by atoms with Gasteiger partial charge in [-0.15, -0.1) is 0 Å². The number of aryl methyl sites for hydroxylation is 1. The van der Waals surface area contributed by atoms with E-state index >= 15 is 0 Å². The molecule has 0 aliphatic carbocycles. The third kappa shape index (κ3) is 5.97. The number of amides is 1. The van der Waals surface area contributed by atoms with Crippen LogP contribution in [0.2, 0.25) is 0 Å². The van der Waals surface area contributed by atoms with Crippen molar-refractivity contribution in [2.45, 2.75) is 32.7 Å². The molecule has 0 unspecified atom stereocenters. The molecule has 1 fully saturated rings. The number of hydrogen-bond donors (Lipinski definition) is 0. The van der Waals surface area contributed by atoms with Crippen LogP contribution in [0, 0.1) is 6.92 Å². The zero-order valence-electron chi connectivity index (χ0n) is 17.0. The summed E-state index contributed by atoms with van der Waals surface area (Å²) in [5.74, 6) is 0.536. The number of carbonyl (C=O) groups excluding carboxylic acids is 1. The Kier molecular flexibility index (Phi) is 6.79. The van der Waals surface area contributed by atoms with E-state index in [1.54, 1.807) is 24.3 Å². The standard InChI is InChI=1S/C22H28N2O4S/c1-18-6-8-19(9-7-18)16-24(29(2,26)27)20-10-12-21(13-11-20)28-17-22(25)23-14-4-3-5-15-23/h6-13H,3-5,14-17H2,1-2H3. The van der Waals surface area contributed by atoms with Gasteiger partial charge in [0, 0.05) is 13.1 Å². The highest BCUT2D eigenvalue weighted by atomic mass is 32.2. The molecule has 7 heteroatoms. The molecule has 0 radical (unpaired) electrons. The van der Waals surface area contributed by atoms with Crippen LogP contribution >= 0.6 is 0 Å². The van der Waals surface area contributed by atoms with Crippen molar-refractivity contribution in [1.82, 2.24) is 4.90 Å². The summed E-state index contributed by atoms with van der Waals surface area (Å²) in [6, 6.07) is 14.6. The Bertz CT molecular complexity index is 918. The van der Waals surface area contributed by atoms with Crippen LogP contribution in [-0.4, -0.2) is 45.2 Å². The molecule has 0 atom stereocenters. The summed E-state index contributed by atoms with van der Waals surface area (Å²) >= 11 is 0. The van der Waals surface area contributed by atoms with Crippen LogP contribution in [0.25, 0.3) is 0 Å². The zero-order chi connectivity index (χ0) is 20.9. The third-order valence-electron chi connectivity index (χ3n) is 5.04. The van der Waals surface area contributed by atoms with E-state index in [2.05, 4.69) is 0 Å². The van der Waals surface area contributed by atoms with Crippen LogP contribution in [0.3, 0.4) is 0 Å². The maximum atomic E-state index is 12.3. The minimum atomic E-state index is -3.45. The van der Waals surface area contributed by atoms with E-state index in [1.165, 1.54) is 17.0 Å². The van der Waals surface area contributed by atoms with E-state index in [0.717, 1.165) is 37.1 Å². The number of carbonyl (C=O) groups is 1. The van der Waals surface area contributed by atoms with Crippen LogP contribution in [0.1, 0.15) is 30.4 Å². The molecular weight excluding hydrogens is 388 g/mol. The second-order valence-electron chi connectivity index (χ2n) is 7.48. The number of hydrogen-bond acceptors (Lipinski definition) is 4. The first-order chi connectivity index (χ1) is 13.8. The lowest BCUT2D eigenvalue weighted by Crippen LogP contribution is -2.38. The summed E-state index contributed by atoms with van der Waals surface area (Å²) in [4.78, 5) is 14.1. The van der Waals surface area contributed by atoms with Crippen LogP contribution in [-0.2, 0) is 21.4 Å². The molecule has 156 valence electrons. The minimum absolute atomic E-state index is 0.00148. The van der Waals surface area contributed by atoms with Crippen molar-refractivity contribution in [2.24, 2.45) is 0 Å². The Morgan fingerprint density at radius 1 is 1.00 bits per heavy atom. The molecule has 0 aromatic heterocycles. The van der Waals surface area contributed by atoms with Crippen LogP contribution in [0.4, 0.5) is 5.69 Å². The van der Waals surface area contributed by atoms with E-state index in [4.69, 9.17) is 4.74 Å². The van der Waals surface area contributed by atoms with Crippen molar-refractivity contribution >= 4 is 21.6 Å². The zero-order valence-corrected chi connectivity index (χ0v) is 17.8. The average molecular weight is 417 g/mol. The molecule has 2 aromatic carbocycles. The molecule has 6 nitrogen and oxygen atoms in total. The molecule has 2 aromatic rings. The molecule has 0 bridgehead atoms. The minimum Gasteiger partial charge on any atom is -0.484 e. The van der Waals surface area contributed by atoms with Gasteiger partial charge < -0.3 is 9.64 Å². The highest BCUT2D eigenvalue weighted by Gasteiger charge is 2.19. The van der Waals surface area contributed by atoms with Gasteiger partial charge in [0.25, 0.3) is 5.91 Å². The van der Waals surface area contributed by atoms with Gasteiger partial charge in [0.2, 0.25) is 10.0 Å². The largest absolute Gasteiger partial charge is 0.484 e. The maximum Gasteiger partial charge on any atom is 0.260 e. The molecule has 3 rings (SSSR count). The lowest BCUT2D eigenvalue weighted by atomic mass is 10.1. The second kappa shape index (κ2) is 9.31. The van der Waals surface area contributed by atoms with Gasteiger partial charge in [-0.2, -0.15) is 0 Å². The van der Waals surface area contributed by atoms with Gasteiger partial charge in [-0.3, -0.25) is 9.10 Å². The fourth-order valence-electron chi connectivity index (χ4n) is 3.35. The summed E-state index contributed by atoms with van der Waals surface area (Å²) in [5.41, 5.74) is 2.59. The normalized spacial score (nSPS) is 14.5. The van der Waals surface area contributed by atoms with Crippen molar-refractivity contribution in [1.29, 1.82) is 0 Å².